The summed E-state index contributed by atoms with van der Waals surface area (Å²) in [5, 5.41) is 3.79. The van der Waals surface area contributed by atoms with Crippen LogP contribution < -0.4 is 10.1 Å². The third kappa shape index (κ3) is 8.20. The lowest BCUT2D eigenvalue weighted by Crippen LogP contribution is -2.51. The molecule has 0 bridgehead atoms. The molecular formula is C54H59N9O5. The zero-order valence-electron chi connectivity index (χ0n) is 39.3. The quantitative estimate of drug-likeness (QED) is 0.103. The summed E-state index contributed by atoms with van der Waals surface area (Å²) in [6, 6.07) is 33.9. The molecule has 2 fully saturated rings. The average Bonchev–Trinajstić information content (AvgIpc) is 4.24. The van der Waals surface area contributed by atoms with Gasteiger partial charge in [0.15, 0.2) is 0 Å². The van der Waals surface area contributed by atoms with Crippen LogP contribution in [0.2, 0.25) is 0 Å². The Morgan fingerprint density at radius 3 is 2.00 bits per heavy atom. The number of likely N-dealkylation sites (N-methyl/N-ethyl adjacent to an activating group) is 1. The van der Waals surface area contributed by atoms with Gasteiger partial charge >= 0.3 is 6.09 Å². The number of fused-ring (bicyclic) bond motifs is 5. The second kappa shape index (κ2) is 18.8. The number of nitrogens with zero attached hydrogens (tertiary/aromatic N) is 6. The third-order valence-corrected chi connectivity index (χ3v) is 14.1. The van der Waals surface area contributed by atoms with E-state index in [0.29, 0.717) is 18.9 Å². The van der Waals surface area contributed by atoms with Crippen LogP contribution in [-0.4, -0.2) is 96.4 Å². The number of ether oxygens (including phenoxy) is 2. The highest BCUT2D eigenvalue weighted by molar-refractivity contribution is 5.93. The molecule has 0 unspecified atom stereocenters. The van der Waals surface area contributed by atoms with Crippen molar-refractivity contribution >= 4 is 28.8 Å². The van der Waals surface area contributed by atoms with Crippen LogP contribution in [0.4, 0.5) is 4.79 Å². The Morgan fingerprint density at radius 1 is 0.779 bits per heavy atom. The molecule has 0 radical (unpaired) electrons. The van der Waals surface area contributed by atoms with Crippen LogP contribution in [0.3, 0.4) is 0 Å². The number of nitrogens with one attached hydrogen (secondary N) is 3. The molecule has 14 nitrogen and oxygen atoms in total. The van der Waals surface area contributed by atoms with E-state index in [0.717, 1.165) is 106 Å². The standard InChI is InChI=1S/C54H59N9O5/c1-6-60(7-2)48(34-16-10-8-11-17-34)52(65)62-27-15-21-44(62)50-55-31-40(57-50)36-23-25-42-38(28-36)29-45-39-24-22-37(30-46(39)68-53(63(42)45)35-18-12-9-13-19-35)41-32-56-49(58-41)43-20-14-26-61(43)51(64)47(33(3)4)59-54(66)67-5/h8-13,16-19,22-25,28-33,43-44,47-48,53H,6-7,14-15,20-21,26-27H2,1-5H3,(H,55,57)(H,56,58)(H,59,66)/t43-,44-,47-,48+,53-/m0/s1. The Hall–Kier alpha value is -7.19. The number of imidazole rings is 2. The van der Waals surface area contributed by atoms with E-state index in [1.54, 1.807) is 0 Å². The molecule has 14 heteroatoms. The van der Waals surface area contributed by atoms with Crippen LogP contribution in [-0.2, 0) is 14.3 Å². The minimum absolute atomic E-state index is 0.120. The molecule has 350 valence electrons. The van der Waals surface area contributed by atoms with Crippen molar-refractivity contribution in [3.05, 3.63) is 138 Å². The van der Waals surface area contributed by atoms with E-state index in [-0.39, 0.29) is 35.9 Å². The molecule has 2 saturated heterocycles. The predicted octanol–water partition coefficient (Wildman–Crippen LogP) is 9.82. The predicted molar refractivity (Wildman–Crippen MR) is 261 cm³/mol. The molecule has 10 rings (SSSR count). The van der Waals surface area contributed by atoms with E-state index < -0.39 is 18.4 Å². The van der Waals surface area contributed by atoms with Crippen LogP contribution in [0.25, 0.3) is 44.7 Å². The first kappa shape index (κ1) is 44.6. The number of alkyl carbamates (subject to hydrolysis) is 1. The summed E-state index contributed by atoms with van der Waals surface area (Å²) in [6.07, 6.45) is 6.01. The highest BCUT2D eigenvalue weighted by atomic mass is 16.5. The molecule has 3 aliphatic rings. The first-order valence-electron chi connectivity index (χ1n) is 24.0. The minimum atomic E-state index is -0.712. The zero-order chi connectivity index (χ0) is 47.1. The lowest BCUT2D eigenvalue weighted by Gasteiger charge is -2.34. The Kier molecular flexibility index (Phi) is 12.4. The SMILES string of the molecule is CCN(CC)[C@@H](C(=O)N1CCC[C@H]1c1ncc(-c2ccc3c(c2)cc2n3[C@H](c3ccccc3)Oc3cc(-c4cnc([C@@H]5CCCN5C(=O)[C@@H](NC(=O)OC)C(C)C)[nH]4)ccc3-2)[nH]1)c1ccccc1. The van der Waals surface area contributed by atoms with E-state index in [4.69, 9.17) is 19.4 Å². The maximum atomic E-state index is 14.5. The van der Waals surface area contributed by atoms with Gasteiger partial charge < -0.3 is 39.1 Å². The Labute approximate surface area is 396 Å². The van der Waals surface area contributed by atoms with Crippen LogP contribution in [0.1, 0.15) is 101 Å². The van der Waals surface area contributed by atoms with Crippen molar-refractivity contribution in [3.63, 3.8) is 0 Å². The normalized spacial score (nSPS) is 18.7. The van der Waals surface area contributed by atoms with Crippen molar-refractivity contribution in [2.45, 2.75) is 83.8 Å². The van der Waals surface area contributed by atoms with Crippen molar-refractivity contribution in [2.75, 3.05) is 33.3 Å². The van der Waals surface area contributed by atoms with Crippen LogP contribution in [0, 0.1) is 5.92 Å². The monoisotopic (exact) mass is 913 g/mol. The fraction of sp³-hybridized carbons (Fsp3) is 0.352. The van der Waals surface area contributed by atoms with E-state index in [2.05, 4.69) is 105 Å². The second-order valence-electron chi connectivity index (χ2n) is 18.4. The van der Waals surface area contributed by atoms with Gasteiger partial charge in [-0.2, -0.15) is 0 Å². The zero-order valence-corrected chi connectivity index (χ0v) is 39.3. The summed E-state index contributed by atoms with van der Waals surface area (Å²) in [4.78, 5) is 63.4. The van der Waals surface area contributed by atoms with Gasteiger partial charge in [0.05, 0.1) is 54.2 Å². The second-order valence-corrected chi connectivity index (χ2v) is 18.4. The molecule has 68 heavy (non-hydrogen) atoms. The maximum Gasteiger partial charge on any atom is 0.407 e. The Morgan fingerprint density at radius 2 is 1.38 bits per heavy atom. The number of rotatable bonds is 13. The maximum absolute atomic E-state index is 14.5. The number of hydrogen-bond acceptors (Lipinski definition) is 8. The number of likely N-dealkylation sites (tertiary alicyclic amines) is 2. The topological polar surface area (TPSA) is 154 Å². The fourth-order valence-electron chi connectivity index (χ4n) is 10.6. The van der Waals surface area contributed by atoms with Crippen LogP contribution >= 0.6 is 0 Å². The average molecular weight is 914 g/mol. The molecule has 3 amide bonds. The summed E-state index contributed by atoms with van der Waals surface area (Å²) < 4.78 is 14.1. The van der Waals surface area contributed by atoms with Gasteiger partial charge in [0, 0.05) is 40.7 Å². The molecule has 6 heterocycles. The largest absolute Gasteiger partial charge is 0.465 e. The number of aromatic nitrogens is 5. The number of aromatic amines is 2. The first-order chi connectivity index (χ1) is 33.1. The molecule has 0 spiro atoms. The summed E-state index contributed by atoms with van der Waals surface area (Å²) in [7, 11) is 1.30. The van der Waals surface area contributed by atoms with E-state index in [1.807, 2.05) is 72.4 Å². The van der Waals surface area contributed by atoms with Crippen LogP contribution in [0.15, 0.2) is 116 Å². The summed E-state index contributed by atoms with van der Waals surface area (Å²) in [5.74, 6) is 2.10. The summed E-state index contributed by atoms with van der Waals surface area (Å²) in [6.45, 7) is 10.9. The number of amides is 3. The van der Waals surface area contributed by atoms with Crippen LogP contribution in [0.5, 0.6) is 5.75 Å². The number of hydrogen-bond donors (Lipinski definition) is 3. The summed E-state index contributed by atoms with van der Waals surface area (Å²) in [5.41, 5.74) is 8.71. The number of methoxy groups -OCH3 is 1. The Balaban J connectivity index is 0.936. The molecule has 0 aliphatic carbocycles. The third-order valence-electron chi connectivity index (χ3n) is 14.1. The Bertz CT molecular complexity index is 2940. The van der Waals surface area contributed by atoms with Crippen molar-refractivity contribution in [2.24, 2.45) is 5.92 Å². The number of carbonyl (C=O) groups excluding carboxylic acids is 3. The molecule has 4 aromatic carbocycles. The van der Waals surface area contributed by atoms with Gasteiger partial charge in [-0.25, -0.2) is 14.8 Å². The van der Waals surface area contributed by atoms with Gasteiger partial charge in [0.25, 0.3) is 0 Å². The van der Waals surface area contributed by atoms with Gasteiger partial charge in [0.1, 0.15) is 29.5 Å². The number of carbonyl (C=O) groups is 3. The van der Waals surface area contributed by atoms with Crippen molar-refractivity contribution in [3.8, 4) is 39.5 Å². The van der Waals surface area contributed by atoms with Gasteiger partial charge in [-0.05, 0) is 80.6 Å². The van der Waals surface area contributed by atoms with E-state index in [9.17, 15) is 14.4 Å². The van der Waals surface area contributed by atoms with Gasteiger partial charge in [0.2, 0.25) is 18.0 Å². The molecule has 3 N–H and O–H groups in total. The lowest BCUT2D eigenvalue weighted by atomic mass is 10.0. The van der Waals surface area contributed by atoms with Gasteiger partial charge in [-0.1, -0.05) is 100 Å². The molecule has 0 saturated carbocycles. The van der Waals surface area contributed by atoms with Crippen molar-refractivity contribution in [1.82, 2.24) is 44.5 Å². The highest BCUT2D eigenvalue weighted by Crippen LogP contribution is 2.46. The molecule has 5 atom stereocenters. The van der Waals surface area contributed by atoms with Gasteiger partial charge in [-0.3, -0.25) is 14.5 Å². The molecule has 7 aromatic rings. The highest BCUT2D eigenvalue weighted by Gasteiger charge is 2.40. The van der Waals surface area contributed by atoms with Crippen molar-refractivity contribution in [1.29, 1.82) is 0 Å². The molecule has 3 aliphatic heterocycles. The fourth-order valence-corrected chi connectivity index (χ4v) is 10.6. The van der Waals surface area contributed by atoms with E-state index in [1.165, 1.54) is 7.11 Å². The van der Waals surface area contributed by atoms with Gasteiger partial charge in [-0.15, -0.1) is 0 Å². The van der Waals surface area contributed by atoms with Crippen molar-refractivity contribution < 1.29 is 23.9 Å². The molecular weight excluding hydrogens is 855 g/mol. The smallest absolute Gasteiger partial charge is 0.407 e. The lowest BCUT2D eigenvalue weighted by molar-refractivity contribution is -0.138. The first-order valence-corrected chi connectivity index (χ1v) is 24.0. The summed E-state index contributed by atoms with van der Waals surface area (Å²) >= 11 is 0. The van der Waals surface area contributed by atoms with E-state index >= 15 is 0 Å². The minimum Gasteiger partial charge on any atom is -0.465 e. The molecule has 3 aromatic heterocycles. The number of benzene rings is 4. The number of H-pyrrole nitrogens is 2.